The molecule has 0 atom stereocenters. The highest BCUT2D eigenvalue weighted by Gasteiger charge is 2.12. The molecule has 1 N–H and O–H groups in total. The fourth-order valence-corrected chi connectivity index (χ4v) is 1.77. The van der Waals surface area contributed by atoms with Gasteiger partial charge in [-0.25, -0.2) is 4.39 Å². The van der Waals surface area contributed by atoms with Gasteiger partial charge in [0, 0.05) is 17.7 Å². The van der Waals surface area contributed by atoms with Gasteiger partial charge in [-0.2, -0.15) is 0 Å². The average Bonchev–Trinajstić information content (AvgIpc) is 2.40. The fraction of sp³-hybridized carbons (Fsp3) is 0. The first kappa shape index (κ1) is 14.0. The van der Waals surface area contributed by atoms with Gasteiger partial charge >= 0.3 is 0 Å². The number of hydrogen-bond donors (Lipinski definition) is 1. The van der Waals surface area contributed by atoms with Crippen molar-refractivity contribution in [1.29, 1.82) is 0 Å². The SMILES string of the molecule is O=C(Nc1ccc([N+](=O)[O-])cc1Cl)c1cccc(F)c1. The Labute approximate surface area is 118 Å². The van der Waals surface area contributed by atoms with Crippen LogP contribution in [-0.4, -0.2) is 10.8 Å². The number of benzene rings is 2. The standard InChI is InChI=1S/C13H8ClFN2O3/c14-11-7-10(17(19)20)4-5-12(11)16-13(18)8-2-1-3-9(15)6-8/h1-7H,(H,16,18). The summed E-state index contributed by atoms with van der Waals surface area (Å²) < 4.78 is 13.0. The number of nitro groups is 1. The van der Waals surface area contributed by atoms with Gasteiger partial charge in [0.1, 0.15) is 5.82 Å². The van der Waals surface area contributed by atoms with Crippen LogP contribution in [0.4, 0.5) is 15.8 Å². The second kappa shape index (κ2) is 5.66. The number of nitro benzene ring substituents is 1. The summed E-state index contributed by atoms with van der Waals surface area (Å²) in [7, 11) is 0. The molecular weight excluding hydrogens is 287 g/mol. The van der Waals surface area contributed by atoms with E-state index in [0.717, 1.165) is 12.1 Å². The van der Waals surface area contributed by atoms with E-state index in [9.17, 15) is 19.3 Å². The molecule has 0 saturated heterocycles. The minimum absolute atomic E-state index is 0.0314. The van der Waals surface area contributed by atoms with Crippen LogP contribution in [0.15, 0.2) is 42.5 Å². The third-order valence-electron chi connectivity index (χ3n) is 2.50. The monoisotopic (exact) mass is 294 g/mol. The van der Waals surface area contributed by atoms with E-state index in [0.29, 0.717) is 0 Å². The first-order chi connectivity index (χ1) is 9.47. The summed E-state index contributed by atoms with van der Waals surface area (Å²) in [6, 6.07) is 8.80. The molecule has 0 unspecified atom stereocenters. The molecule has 0 heterocycles. The normalized spacial score (nSPS) is 10.1. The highest BCUT2D eigenvalue weighted by Crippen LogP contribution is 2.27. The van der Waals surface area contributed by atoms with Crippen molar-refractivity contribution in [3.05, 3.63) is 69.0 Å². The van der Waals surface area contributed by atoms with Crippen LogP contribution >= 0.6 is 11.6 Å². The number of halogens is 2. The Morgan fingerprint density at radius 2 is 2.00 bits per heavy atom. The van der Waals surface area contributed by atoms with E-state index in [2.05, 4.69) is 5.32 Å². The second-order valence-corrected chi connectivity index (χ2v) is 4.29. The van der Waals surface area contributed by atoms with Crippen LogP contribution in [0.25, 0.3) is 0 Å². The number of carbonyl (C=O) groups excluding carboxylic acids is 1. The maximum absolute atomic E-state index is 13.0. The van der Waals surface area contributed by atoms with E-state index in [1.807, 2.05) is 0 Å². The molecule has 2 rings (SSSR count). The van der Waals surface area contributed by atoms with Gasteiger partial charge in [0.15, 0.2) is 0 Å². The van der Waals surface area contributed by atoms with Crippen LogP contribution in [-0.2, 0) is 0 Å². The van der Waals surface area contributed by atoms with E-state index < -0.39 is 16.6 Å². The number of nitrogens with zero attached hydrogens (tertiary/aromatic N) is 1. The van der Waals surface area contributed by atoms with Crippen molar-refractivity contribution in [3.8, 4) is 0 Å². The van der Waals surface area contributed by atoms with E-state index in [4.69, 9.17) is 11.6 Å². The van der Waals surface area contributed by atoms with Crippen LogP contribution in [0.5, 0.6) is 0 Å². The molecule has 7 heteroatoms. The molecule has 0 saturated carbocycles. The Morgan fingerprint density at radius 3 is 2.60 bits per heavy atom. The zero-order chi connectivity index (χ0) is 14.7. The summed E-state index contributed by atoms with van der Waals surface area (Å²) >= 11 is 5.84. The van der Waals surface area contributed by atoms with Crippen molar-refractivity contribution in [2.75, 3.05) is 5.32 Å². The molecule has 0 bridgehead atoms. The molecule has 0 fully saturated rings. The quantitative estimate of drug-likeness (QED) is 0.694. The predicted molar refractivity (Wildman–Crippen MR) is 72.5 cm³/mol. The Bertz CT molecular complexity index is 691. The number of hydrogen-bond acceptors (Lipinski definition) is 3. The second-order valence-electron chi connectivity index (χ2n) is 3.89. The highest BCUT2D eigenvalue weighted by molar-refractivity contribution is 6.34. The summed E-state index contributed by atoms with van der Waals surface area (Å²) in [5, 5.41) is 13.1. The summed E-state index contributed by atoms with van der Waals surface area (Å²) in [6.07, 6.45) is 0. The smallest absolute Gasteiger partial charge is 0.271 e. The van der Waals surface area contributed by atoms with Crippen LogP contribution in [0, 0.1) is 15.9 Å². The lowest BCUT2D eigenvalue weighted by Gasteiger charge is -2.07. The minimum atomic E-state index is -0.593. The molecule has 2 aromatic carbocycles. The van der Waals surface area contributed by atoms with Gasteiger partial charge in [-0.05, 0) is 24.3 Å². The van der Waals surface area contributed by atoms with Crippen molar-refractivity contribution >= 4 is 28.9 Å². The maximum atomic E-state index is 13.0. The molecule has 5 nitrogen and oxygen atoms in total. The van der Waals surface area contributed by atoms with Crippen molar-refractivity contribution < 1.29 is 14.1 Å². The van der Waals surface area contributed by atoms with Crippen molar-refractivity contribution in [3.63, 3.8) is 0 Å². The largest absolute Gasteiger partial charge is 0.321 e. The Morgan fingerprint density at radius 1 is 1.25 bits per heavy atom. The molecule has 20 heavy (non-hydrogen) atoms. The number of rotatable bonds is 3. The van der Waals surface area contributed by atoms with Crippen LogP contribution in [0.2, 0.25) is 5.02 Å². The third-order valence-corrected chi connectivity index (χ3v) is 2.81. The Balaban J connectivity index is 2.22. The van der Waals surface area contributed by atoms with Crippen molar-refractivity contribution in [2.24, 2.45) is 0 Å². The van der Waals surface area contributed by atoms with Crippen molar-refractivity contribution in [2.45, 2.75) is 0 Å². The average molecular weight is 295 g/mol. The third kappa shape index (κ3) is 3.10. The van der Waals surface area contributed by atoms with E-state index in [-0.39, 0.29) is 22.0 Å². The van der Waals surface area contributed by atoms with Crippen molar-refractivity contribution in [1.82, 2.24) is 0 Å². The van der Waals surface area contributed by atoms with Crippen LogP contribution in [0.3, 0.4) is 0 Å². The molecule has 0 aliphatic rings. The van der Waals surface area contributed by atoms with E-state index >= 15 is 0 Å². The highest BCUT2D eigenvalue weighted by atomic mass is 35.5. The lowest BCUT2D eigenvalue weighted by Crippen LogP contribution is -2.12. The lowest BCUT2D eigenvalue weighted by atomic mass is 10.2. The summed E-state index contributed by atoms with van der Waals surface area (Å²) in [5.41, 5.74) is 0.157. The fourth-order valence-electron chi connectivity index (χ4n) is 1.54. The first-order valence-electron chi connectivity index (χ1n) is 5.48. The van der Waals surface area contributed by atoms with Gasteiger partial charge in [0.05, 0.1) is 15.6 Å². The molecule has 102 valence electrons. The topological polar surface area (TPSA) is 72.2 Å². The summed E-state index contributed by atoms with van der Waals surface area (Å²) in [4.78, 5) is 21.8. The lowest BCUT2D eigenvalue weighted by molar-refractivity contribution is -0.384. The van der Waals surface area contributed by atoms with E-state index in [1.165, 1.54) is 30.3 Å². The number of amides is 1. The molecular formula is C13H8ClFN2O3. The van der Waals surface area contributed by atoms with Crippen LogP contribution in [0.1, 0.15) is 10.4 Å². The van der Waals surface area contributed by atoms with Gasteiger partial charge in [-0.15, -0.1) is 0 Å². The van der Waals surface area contributed by atoms with Gasteiger partial charge in [-0.3, -0.25) is 14.9 Å². The number of anilines is 1. The van der Waals surface area contributed by atoms with Gasteiger partial charge in [-0.1, -0.05) is 17.7 Å². The Hall–Kier alpha value is -2.47. The molecule has 0 aromatic heterocycles. The van der Waals surface area contributed by atoms with Gasteiger partial charge in [0.25, 0.3) is 11.6 Å². The number of carbonyl (C=O) groups is 1. The van der Waals surface area contributed by atoms with E-state index in [1.54, 1.807) is 0 Å². The first-order valence-corrected chi connectivity index (χ1v) is 5.86. The molecule has 0 radical (unpaired) electrons. The minimum Gasteiger partial charge on any atom is -0.321 e. The molecule has 0 aliphatic carbocycles. The van der Waals surface area contributed by atoms with Crippen LogP contribution < -0.4 is 5.32 Å². The molecule has 2 aromatic rings. The Kier molecular flexibility index (Phi) is 3.95. The maximum Gasteiger partial charge on any atom is 0.271 e. The predicted octanol–water partition coefficient (Wildman–Crippen LogP) is 3.64. The van der Waals surface area contributed by atoms with Gasteiger partial charge < -0.3 is 5.32 Å². The number of nitrogens with one attached hydrogen (secondary N) is 1. The summed E-state index contributed by atoms with van der Waals surface area (Å²) in [5.74, 6) is -1.09. The number of non-ortho nitro benzene ring substituents is 1. The molecule has 0 spiro atoms. The van der Waals surface area contributed by atoms with Gasteiger partial charge in [0.2, 0.25) is 0 Å². The molecule has 1 amide bonds. The zero-order valence-electron chi connectivity index (χ0n) is 9.97. The zero-order valence-corrected chi connectivity index (χ0v) is 10.7. The summed E-state index contributed by atoms with van der Waals surface area (Å²) in [6.45, 7) is 0. The molecule has 0 aliphatic heterocycles.